The van der Waals surface area contributed by atoms with E-state index in [-0.39, 0.29) is 5.75 Å². The van der Waals surface area contributed by atoms with Gasteiger partial charge >= 0.3 is 0 Å². The largest absolute Gasteiger partial charge is 0.506 e. The first-order valence-corrected chi connectivity index (χ1v) is 4.41. The van der Waals surface area contributed by atoms with E-state index >= 15 is 0 Å². The summed E-state index contributed by atoms with van der Waals surface area (Å²) in [6.07, 6.45) is 1.79. The number of benzene rings is 1. The van der Waals surface area contributed by atoms with E-state index in [0.29, 0.717) is 5.02 Å². The minimum Gasteiger partial charge on any atom is -0.506 e. The zero-order valence-electron chi connectivity index (χ0n) is 7.26. The first-order chi connectivity index (χ1) is 6.24. The van der Waals surface area contributed by atoms with Gasteiger partial charge in [0.15, 0.2) is 0 Å². The summed E-state index contributed by atoms with van der Waals surface area (Å²) >= 11 is 5.73. The van der Waals surface area contributed by atoms with Crippen LogP contribution in [0.2, 0.25) is 5.02 Å². The molecule has 3 heteroatoms. The number of halogens is 1. The van der Waals surface area contributed by atoms with E-state index in [1.165, 1.54) is 0 Å². The average Bonchev–Trinajstić information content (AvgIpc) is 2.12. The molecule has 2 N–H and O–H groups in total. The van der Waals surface area contributed by atoms with Crippen molar-refractivity contribution in [2.75, 3.05) is 6.54 Å². The Labute approximate surface area is 82.8 Å². The summed E-state index contributed by atoms with van der Waals surface area (Å²) in [6, 6.07) is 5.16. The Kier molecular flexibility index (Phi) is 3.80. The van der Waals surface area contributed by atoms with Gasteiger partial charge in [-0.2, -0.15) is 0 Å². The highest BCUT2D eigenvalue weighted by molar-refractivity contribution is 6.32. The number of rotatable bonds is 4. The Morgan fingerprint density at radius 1 is 1.54 bits per heavy atom. The SMILES string of the molecule is C=CCNCc1ccc(O)c(Cl)c1. The van der Waals surface area contributed by atoms with Crippen LogP contribution in [0.5, 0.6) is 5.75 Å². The van der Waals surface area contributed by atoms with Gasteiger partial charge in [0.05, 0.1) is 5.02 Å². The quantitative estimate of drug-likeness (QED) is 0.574. The standard InChI is InChI=1S/C10H12ClNO/c1-2-5-12-7-8-3-4-10(13)9(11)6-8/h2-4,6,12-13H,1,5,7H2. The molecule has 0 amide bonds. The van der Waals surface area contributed by atoms with E-state index in [2.05, 4.69) is 11.9 Å². The molecule has 70 valence electrons. The first-order valence-electron chi connectivity index (χ1n) is 4.03. The number of hydrogen-bond donors (Lipinski definition) is 2. The predicted octanol–water partition coefficient (Wildman–Crippen LogP) is 2.32. The zero-order valence-corrected chi connectivity index (χ0v) is 8.01. The second-order valence-corrected chi connectivity index (χ2v) is 3.11. The second kappa shape index (κ2) is 4.90. The highest BCUT2D eigenvalue weighted by Crippen LogP contribution is 2.23. The third-order valence-electron chi connectivity index (χ3n) is 1.63. The Morgan fingerprint density at radius 3 is 2.92 bits per heavy atom. The number of nitrogens with one attached hydrogen (secondary N) is 1. The maximum absolute atomic E-state index is 9.15. The first kappa shape index (κ1) is 10.1. The smallest absolute Gasteiger partial charge is 0.134 e. The molecule has 0 fully saturated rings. The van der Waals surface area contributed by atoms with Crippen LogP contribution in [0.4, 0.5) is 0 Å². The topological polar surface area (TPSA) is 32.3 Å². The monoisotopic (exact) mass is 197 g/mol. The van der Waals surface area contributed by atoms with Crippen molar-refractivity contribution in [2.45, 2.75) is 6.54 Å². The van der Waals surface area contributed by atoms with Crippen LogP contribution in [0, 0.1) is 0 Å². The minimum absolute atomic E-state index is 0.120. The van der Waals surface area contributed by atoms with Crippen LogP contribution >= 0.6 is 11.6 Å². The molecule has 0 saturated carbocycles. The van der Waals surface area contributed by atoms with Gasteiger partial charge in [-0.1, -0.05) is 23.7 Å². The fraction of sp³-hybridized carbons (Fsp3) is 0.200. The van der Waals surface area contributed by atoms with E-state index in [1.807, 2.05) is 6.07 Å². The maximum Gasteiger partial charge on any atom is 0.134 e. The van der Waals surface area contributed by atoms with Gasteiger partial charge in [0.25, 0.3) is 0 Å². The molecule has 0 radical (unpaired) electrons. The van der Waals surface area contributed by atoms with Crippen molar-refractivity contribution < 1.29 is 5.11 Å². The molecule has 0 aliphatic carbocycles. The Bertz CT molecular complexity index is 299. The van der Waals surface area contributed by atoms with Crippen molar-refractivity contribution in [3.63, 3.8) is 0 Å². The van der Waals surface area contributed by atoms with Gasteiger partial charge in [0.2, 0.25) is 0 Å². The maximum atomic E-state index is 9.15. The van der Waals surface area contributed by atoms with Crippen molar-refractivity contribution in [3.05, 3.63) is 41.4 Å². The summed E-state index contributed by atoms with van der Waals surface area (Å²) in [7, 11) is 0. The molecule has 1 aromatic carbocycles. The van der Waals surface area contributed by atoms with Crippen molar-refractivity contribution in [3.8, 4) is 5.75 Å². The van der Waals surface area contributed by atoms with Crippen molar-refractivity contribution >= 4 is 11.6 Å². The van der Waals surface area contributed by atoms with Gasteiger partial charge in [-0.05, 0) is 17.7 Å². The predicted molar refractivity (Wildman–Crippen MR) is 55.0 cm³/mol. The second-order valence-electron chi connectivity index (χ2n) is 2.71. The van der Waals surface area contributed by atoms with Crippen LogP contribution in [0.15, 0.2) is 30.9 Å². The molecule has 0 unspecified atom stereocenters. The number of phenolic OH excluding ortho intramolecular Hbond substituents is 1. The number of hydrogen-bond acceptors (Lipinski definition) is 2. The molecule has 0 heterocycles. The lowest BCUT2D eigenvalue weighted by atomic mass is 10.2. The van der Waals surface area contributed by atoms with E-state index < -0.39 is 0 Å². The molecule has 0 bridgehead atoms. The molecular formula is C10H12ClNO. The number of aromatic hydroxyl groups is 1. The highest BCUT2D eigenvalue weighted by atomic mass is 35.5. The highest BCUT2D eigenvalue weighted by Gasteiger charge is 1.98. The molecule has 0 aromatic heterocycles. The summed E-state index contributed by atoms with van der Waals surface area (Å²) in [5.74, 6) is 0.120. The van der Waals surface area contributed by atoms with Crippen molar-refractivity contribution in [2.24, 2.45) is 0 Å². The van der Waals surface area contributed by atoms with Crippen LogP contribution in [-0.2, 0) is 6.54 Å². The van der Waals surface area contributed by atoms with E-state index in [0.717, 1.165) is 18.7 Å². The third-order valence-corrected chi connectivity index (χ3v) is 1.93. The molecule has 1 aromatic rings. The van der Waals surface area contributed by atoms with Gasteiger partial charge in [0.1, 0.15) is 5.75 Å². The summed E-state index contributed by atoms with van der Waals surface area (Å²) in [5.41, 5.74) is 1.05. The van der Waals surface area contributed by atoms with Crippen LogP contribution < -0.4 is 5.32 Å². The van der Waals surface area contributed by atoms with Crippen LogP contribution in [-0.4, -0.2) is 11.7 Å². The lowest BCUT2D eigenvalue weighted by molar-refractivity contribution is 0.475. The molecule has 0 aliphatic rings. The zero-order chi connectivity index (χ0) is 9.68. The summed E-state index contributed by atoms with van der Waals surface area (Å²) in [6.45, 7) is 5.09. The van der Waals surface area contributed by atoms with E-state index in [9.17, 15) is 0 Å². The van der Waals surface area contributed by atoms with Crippen LogP contribution in [0.25, 0.3) is 0 Å². The molecule has 0 saturated heterocycles. The lowest BCUT2D eigenvalue weighted by Crippen LogP contribution is -2.12. The minimum atomic E-state index is 0.120. The summed E-state index contributed by atoms with van der Waals surface area (Å²) in [4.78, 5) is 0. The van der Waals surface area contributed by atoms with E-state index in [4.69, 9.17) is 16.7 Å². The van der Waals surface area contributed by atoms with Crippen molar-refractivity contribution in [1.29, 1.82) is 0 Å². The summed E-state index contributed by atoms with van der Waals surface area (Å²) < 4.78 is 0. The van der Waals surface area contributed by atoms with Gasteiger partial charge in [-0.25, -0.2) is 0 Å². The fourth-order valence-electron chi connectivity index (χ4n) is 0.979. The molecule has 13 heavy (non-hydrogen) atoms. The van der Waals surface area contributed by atoms with Gasteiger partial charge in [-0.3, -0.25) is 0 Å². The van der Waals surface area contributed by atoms with E-state index in [1.54, 1.807) is 18.2 Å². The molecule has 1 rings (SSSR count). The Balaban J connectivity index is 2.57. The lowest BCUT2D eigenvalue weighted by Gasteiger charge is -2.03. The third kappa shape index (κ3) is 3.09. The van der Waals surface area contributed by atoms with Gasteiger partial charge < -0.3 is 10.4 Å². The summed E-state index contributed by atoms with van der Waals surface area (Å²) in [5, 5.41) is 12.7. The van der Waals surface area contributed by atoms with Gasteiger partial charge in [-0.15, -0.1) is 6.58 Å². The van der Waals surface area contributed by atoms with Gasteiger partial charge in [0, 0.05) is 13.1 Å². The molecule has 0 atom stereocenters. The average molecular weight is 198 g/mol. The Morgan fingerprint density at radius 2 is 2.31 bits per heavy atom. The van der Waals surface area contributed by atoms with Crippen LogP contribution in [0.3, 0.4) is 0 Å². The number of phenols is 1. The molecule has 0 aliphatic heterocycles. The Hall–Kier alpha value is -0.990. The molecular weight excluding hydrogens is 186 g/mol. The van der Waals surface area contributed by atoms with Crippen LogP contribution in [0.1, 0.15) is 5.56 Å². The normalized spacial score (nSPS) is 9.92. The molecule has 0 spiro atoms. The molecule has 2 nitrogen and oxygen atoms in total. The fourth-order valence-corrected chi connectivity index (χ4v) is 1.18. The van der Waals surface area contributed by atoms with Crippen molar-refractivity contribution in [1.82, 2.24) is 5.32 Å².